The largest absolute Gasteiger partial charge is 0.370 e. The number of carbonyl (C=O) groups excluding carboxylic acids is 4. The van der Waals surface area contributed by atoms with E-state index in [9.17, 15) is 19.2 Å². The second kappa shape index (κ2) is 19.6. The van der Waals surface area contributed by atoms with Crippen molar-refractivity contribution < 1.29 is 19.2 Å². The first kappa shape index (κ1) is 38.2. The minimum atomic E-state index is -1.05. The Morgan fingerprint density at radius 1 is 0.896 bits per heavy atom. The summed E-state index contributed by atoms with van der Waals surface area (Å²) < 4.78 is 0. The normalized spacial score (nSPS) is 13.2. The number of halogens is 2. The number of hydrogen-bond donors (Lipinski definition) is 6. The Hall–Kier alpha value is -4.20. The molecule has 0 bridgehead atoms. The average Bonchev–Trinajstić information content (AvgIpc) is 3.61. The van der Waals surface area contributed by atoms with Crippen molar-refractivity contribution in [3.63, 3.8) is 0 Å². The first-order valence-corrected chi connectivity index (χ1v) is 17.1. The van der Waals surface area contributed by atoms with E-state index in [-0.39, 0.29) is 42.1 Å². The van der Waals surface area contributed by atoms with Gasteiger partial charge in [0.25, 0.3) is 0 Å². The van der Waals surface area contributed by atoms with Gasteiger partial charge in [-0.3, -0.25) is 19.4 Å². The van der Waals surface area contributed by atoms with E-state index in [0.29, 0.717) is 29.4 Å². The summed E-state index contributed by atoms with van der Waals surface area (Å²) in [5.41, 5.74) is 7.24. The van der Waals surface area contributed by atoms with Gasteiger partial charge in [-0.25, -0.2) is 9.78 Å². The minimum Gasteiger partial charge on any atom is -0.370 e. The van der Waals surface area contributed by atoms with Crippen LogP contribution in [0.3, 0.4) is 0 Å². The number of ketones is 1. The topological polar surface area (TPSA) is 180 Å². The Morgan fingerprint density at radius 2 is 1.60 bits per heavy atom. The van der Waals surface area contributed by atoms with Gasteiger partial charge in [0.1, 0.15) is 12.1 Å². The summed E-state index contributed by atoms with van der Waals surface area (Å²) in [6.07, 6.45) is 2.77. The number of carbonyl (C=O) groups is 4. The summed E-state index contributed by atoms with van der Waals surface area (Å²) in [6.45, 7) is 4.43. The van der Waals surface area contributed by atoms with Gasteiger partial charge < -0.3 is 32.3 Å². The fourth-order valence-electron chi connectivity index (χ4n) is 4.71. The van der Waals surface area contributed by atoms with Crippen molar-refractivity contribution in [2.75, 3.05) is 13.6 Å². The lowest BCUT2D eigenvalue weighted by Gasteiger charge is -2.26. The van der Waals surface area contributed by atoms with Gasteiger partial charge >= 0.3 is 6.03 Å². The summed E-state index contributed by atoms with van der Waals surface area (Å²) in [6, 6.07) is 10.7. The first-order valence-electron chi connectivity index (χ1n) is 15.5. The van der Waals surface area contributed by atoms with E-state index >= 15 is 0 Å². The van der Waals surface area contributed by atoms with Crippen LogP contribution in [-0.4, -0.2) is 66.3 Å². The molecule has 2 aromatic carbocycles. The number of benzene rings is 2. The molecule has 0 saturated heterocycles. The molecule has 3 rings (SSSR count). The van der Waals surface area contributed by atoms with E-state index in [1.54, 1.807) is 30.6 Å². The number of aliphatic imine (C=N–C) groups is 1. The van der Waals surface area contributed by atoms with Crippen LogP contribution in [0.15, 0.2) is 65.1 Å². The van der Waals surface area contributed by atoms with Crippen molar-refractivity contribution in [2.24, 2.45) is 16.6 Å². The van der Waals surface area contributed by atoms with E-state index in [1.165, 1.54) is 17.5 Å². The van der Waals surface area contributed by atoms with E-state index in [4.69, 9.17) is 28.9 Å². The number of guanidine groups is 1. The lowest BCUT2D eigenvalue weighted by molar-refractivity contribution is -0.130. The highest BCUT2D eigenvalue weighted by Crippen LogP contribution is 2.22. The third-order valence-corrected chi connectivity index (χ3v) is 8.70. The number of hydrogen-bond acceptors (Lipinski definition) is 7. The van der Waals surface area contributed by atoms with Gasteiger partial charge in [-0.15, -0.1) is 11.3 Å². The smallest absolute Gasteiger partial charge is 0.315 e. The summed E-state index contributed by atoms with van der Waals surface area (Å²) in [5.74, 6) is -1.11. The molecular weight excluding hydrogens is 675 g/mol. The molecule has 7 N–H and O–H groups in total. The standard InChI is InChI=1S/C33H42Cl2N8O4S/c1-20(2)16-26(43-33(47)40-19-22-11-12-23(34)24(35)17-22)29(45)42-27(18-21-8-5-4-6-9-21)30(46)41-25(10-7-13-39-32(36)37-3)28(44)31-38-14-15-48-31/h4-6,8-9,11-12,14-15,17,20,25-27H,7,10,13,16,18-19H2,1-3H3,(H,41,46)(H,42,45)(H3,36,37,39)(H2,40,43,47)/t25-,26-,27-/m0/s1. The molecule has 15 heteroatoms. The highest BCUT2D eigenvalue weighted by Gasteiger charge is 2.31. The van der Waals surface area contributed by atoms with E-state index in [2.05, 4.69) is 36.6 Å². The van der Waals surface area contributed by atoms with Gasteiger partial charge in [-0.05, 0) is 48.4 Å². The van der Waals surface area contributed by atoms with E-state index < -0.39 is 36.0 Å². The van der Waals surface area contributed by atoms with Gasteiger partial charge in [0.2, 0.25) is 17.6 Å². The molecule has 0 spiro atoms. The van der Waals surface area contributed by atoms with Gasteiger partial charge in [0, 0.05) is 38.1 Å². The molecule has 12 nitrogen and oxygen atoms in total. The number of aromatic nitrogens is 1. The number of nitrogens with zero attached hydrogens (tertiary/aromatic N) is 2. The molecule has 0 radical (unpaired) electrons. The lowest BCUT2D eigenvalue weighted by Crippen LogP contribution is -2.57. The maximum atomic E-state index is 13.9. The molecule has 258 valence electrons. The zero-order chi connectivity index (χ0) is 35.1. The molecule has 3 atom stereocenters. The molecule has 48 heavy (non-hydrogen) atoms. The zero-order valence-electron chi connectivity index (χ0n) is 27.1. The number of urea groups is 1. The summed E-state index contributed by atoms with van der Waals surface area (Å²) in [4.78, 5) is 61.8. The van der Waals surface area contributed by atoms with Crippen LogP contribution in [0.25, 0.3) is 0 Å². The Kier molecular flexibility index (Phi) is 15.6. The number of nitrogens with one attached hydrogen (secondary N) is 5. The van der Waals surface area contributed by atoms with E-state index in [0.717, 1.165) is 11.1 Å². The van der Waals surface area contributed by atoms with Crippen LogP contribution in [0.5, 0.6) is 0 Å². The quantitative estimate of drug-likeness (QED) is 0.0527. The molecule has 0 aliphatic rings. The first-order chi connectivity index (χ1) is 23.0. The fourth-order valence-corrected chi connectivity index (χ4v) is 5.66. The molecule has 4 amide bonds. The van der Waals surface area contributed by atoms with Crippen LogP contribution >= 0.6 is 34.5 Å². The highest BCUT2D eigenvalue weighted by molar-refractivity contribution is 7.11. The summed E-state index contributed by atoms with van der Waals surface area (Å²) in [5, 5.41) is 16.8. The van der Waals surface area contributed by atoms with Crippen molar-refractivity contribution in [1.29, 1.82) is 0 Å². The van der Waals surface area contributed by atoms with Gasteiger partial charge in [-0.1, -0.05) is 73.4 Å². The van der Waals surface area contributed by atoms with Gasteiger partial charge in [0.15, 0.2) is 11.0 Å². The maximum Gasteiger partial charge on any atom is 0.315 e. The molecule has 3 aromatic rings. The summed E-state index contributed by atoms with van der Waals surface area (Å²) >= 11 is 13.3. The molecule has 0 aliphatic carbocycles. The summed E-state index contributed by atoms with van der Waals surface area (Å²) in [7, 11) is 1.56. The molecule has 0 aliphatic heterocycles. The maximum absolute atomic E-state index is 13.9. The number of amides is 4. The molecular formula is C33H42Cl2N8O4S. The van der Waals surface area contributed by atoms with Crippen molar-refractivity contribution in [3.8, 4) is 0 Å². The van der Waals surface area contributed by atoms with E-state index in [1.807, 2.05) is 44.2 Å². The third-order valence-electron chi connectivity index (χ3n) is 7.17. The van der Waals surface area contributed by atoms with Crippen LogP contribution in [0.1, 0.15) is 54.0 Å². The van der Waals surface area contributed by atoms with Crippen molar-refractivity contribution in [2.45, 2.75) is 64.2 Å². The number of rotatable bonds is 17. The van der Waals surface area contributed by atoms with Crippen LogP contribution in [0.2, 0.25) is 10.0 Å². The van der Waals surface area contributed by atoms with Crippen molar-refractivity contribution >= 4 is 64.1 Å². The lowest BCUT2D eigenvalue weighted by atomic mass is 10.0. The fraction of sp³-hybridized carbons (Fsp3) is 0.394. The molecule has 0 saturated carbocycles. The Balaban J connectivity index is 1.76. The van der Waals surface area contributed by atoms with Gasteiger partial charge in [0.05, 0.1) is 16.1 Å². The molecule has 1 aromatic heterocycles. The molecule has 0 fully saturated rings. The average molecular weight is 718 g/mol. The van der Waals surface area contributed by atoms with Crippen LogP contribution in [-0.2, 0) is 22.6 Å². The van der Waals surface area contributed by atoms with Crippen molar-refractivity contribution in [1.82, 2.24) is 31.6 Å². The second-order valence-electron chi connectivity index (χ2n) is 11.4. The van der Waals surface area contributed by atoms with Crippen LogP contribution < -0.4 is 32.3 Å². The predicted molar refractivity (Wildman–Crippen MR) is 190 cm³/mol. The number of thiazole rings is 1. The Bertz CT molecular complexity index is 1540. The molecule has 0 unspecified atom stereocenters. The molecule has 1 heterocycles. The van der Waals surface area contributed by atoms with Crippen LogP contribution in [0, 0.1) is 5.92 Å². The van der Waals surface area contributed by atoms with Crippen molar-refractivity contribution in [3.05, 3.63) is 86.3 Å². The van der Waals surface area contributed by atoms with Crippen LogP contribution in [0.4, 0.5) is 4.79 Å². The SMILES string of the molecule is CN=C(N)NCCC[C@H](NC(=O)[C@H](Cc1ccccc1)NC(=O)[C@H](CC(C)C)NC(=O)NCc1ccc(Cl)c(Cl)c1)C(=O)c1nccs1. The zero-order valence-corrected chi connectivity index (χ0v) is 29.4. The predicted octanol–water partition coefficient (Wildman–Crippen LogP) is 4.07. The number of nitrogens with two attached hydrogens (primary N) is 1. The second-order valence-corrected chi connectivity index (χ2v) is 13.2. The third kappa shape index (κ3) is 12.8. The Labute approximate surface area is 294 Å². The Morgan fingerprint density at radius 3 is 2.25 bits per heavy atom. The monoisotopic (exact) mass is 716 g/mol. The van der Waals surface area contributed by atoms with Gasteiger partial charge in [-0.2, -0.15) is 0 Å². The highest BCUT2D eigenvalue weighted by atomic mass is 35.5. The number of Topliss-reactive ketones (excluding diaryl/α,β-unsaturated/α-hetero) is 1. The minimum absolute atomic E-state index is 0.0400.